The molecule has 2 aromatic carbocycles. The summed E-state index contributed by atoms with van der Waals surface area (Å²) in [5, 5.41) is 11.6. The van der Waals surface area contributed by atoms with E-state index in [1.807, 2.05) is 18.2 Å². The predicted octanol–water partition coefficient (Wildman–Crippen LogP) is 3.99. The van der Waals surface area contributed by atoms with Crippen LogP contribution in [0.5, 0.6) is 0 Å². The summed E-state index contributed by atoms with van der Waals surface area (Å²) >= 11 is 0. The number of benzene rings is 2. The van der Waals surface area contributed by atoms with Gasteiger partial charge in [0.2, 0.25) is 0 Å². The smallest absolute Gasteiger partial charge is 0.293 e. The van der Waals surface area contributed by atoms with Crippen molar-refractivity contribution in [2.24, 2.45) is 0 Å². The lowest BCUT2D eigenvalue weighted by atomic mass is 9.95. The van der Waals surface area contributed by atoms with Gasteiger partial charge in [0.25, 0.3) is 5.69 Å². The molecule has 0 saturated carbocycles. The zero-order valence-corrected chi connectivity index (χ0v) is 16.2. The van der Waals surface area contributed by atoms with Crippen molar-refractivity contribution in [3.8, 4) is 0 Å². The summed E-state index contributed by atoms with van der Waals surface area (Å²) in [5.41, 5.74) is 1.64. The number of nitro benzene ring substituents is 1. The van der Waals surface area contributed by atoms with E-state index in [0.717, 1.165) is 44.9 Å². The first-order valence-electron chi connectivity index (χ1n) is 9.15. The second kappa shape index (κ2) is 8.08. The van der Waals surface area contributed by atoms with Gasteiger partial charge >= 0.3 is 0 Å². The van der Waals surface area contributed by atoms with E-state index in [1.165, 1.54) is 17.7 Å². The molecule has 0 spiro atoms. The predicted molar refractivity (Wildman–Crippen MR) is 106 cm³/mol. The molecule has 0 N–H and O–H groups in total. The summed E-state index contributed by atoms with van der Waals surface area (Å²) in [6.45, 7) is 0.749. The van der Waals surface area contributed by atoms with Gasteiger partial charge in [0.1, 0.15) is 5.69 Å². The highest BCUT2D eigenvalue weighted by atomic mass is 32.2. The highest BCUT2D eigenvalue weighted by Gasteiger charge is 2.29. The number of sulfone groups is 1. The third-order valence-electron chi connectivity index (χ3n) is 5.12. The van der Waals surface area contributed by atoms with E-state index >= 15 is 0 Å². The molecule has 2 aromatic rings. The van der Waals surface area contributed by atoms with E-state index in [4.69, 9.17) is 0 Å². The van der Waals surface area contributed by atoms with E-state index in [1.54, 1.807) is 6.07 Å². The molecule has 1 aliphatic rings. The Labute approximate surface area is 159 Å². The largest absolute Gasteiger partial charge is 0.363 e. The summed E-state index contributed by atoms with van der Waals surface area (Å²) in [6, 6.07) is 14.7. The zero-order chi connectivity index (χ0) is 19.4. The third kappa shape index (κ3) is 4.66. The monoisotopic (exact) mass is 388 g/mol. The Morgan fingerprint density at radius 2 is 1.89 bits per heavy atom. The molecule has 1 fully saturated rings. The molecule has 6 nitrogen and oxygen atoms in total. The Hall–Kier alpha value is -2.41. The Balaban J connectivity index is 1.88. The number of anilines is 1. The minimum absolute atomic E-state index is 0.0178. The summed E-state index contributed by atoms with van der Waals surface area (Å²) in [6.07, 6.45) is 5.96. The second-order valence-electron chi connectivity index (χ2n) is 7.05. The molecule has 1 atom stereocenters. The number of hydrogen-bond acceptors (Lipinski definition) is 5. The van der Waals surface area contributed by atoms with Crippen LogP contribution in [0.1, 0.15) is 31.2 Å². The van der Waals surface area contributed by atoms with Crippen LogP contribution >= 0.6 is 0 Å². The van der Waals surface area contributed by atoms with Gasteiger partial charge in [0.15, 0.2) is 9.84 Å². The summed E-state index contributed by atoms with van der Waals surface area (Å²) in [7, 11) is -3.49. The number of aryl methyl sites for hydroxylation is 1. The van der Waals surface area contributed by atoms with Crippen molar-refractivity contribution in [1.29, 1.82) is 0 Å². The first-order valence-corrected chi connectivity index (χ1v) is 11.0. The van der Waals surface area contributed by atoms with Gasteiger partial charge in [-0.3, -0.25) is 10.1 Å². The summed E-state index contributed by atoms with van der Waals surface area (Å²) in [5.74, 6) is 0. The molecule has 0 radical (unpaired) electrons. The Bertz CT molecular complexity index is 913. The number of piperidine rings is 1. The number of nitro groups is 1. The maximum atomic E-state index is 11.8. The molecule has 1 aliphatic heterocycles. The van der Waals surface area contributed by atoms with Crippen molar-refractivity contribution in [2.45, 2.75) is 43.0 Å². The van der Waals surface area contributed by atoms with Crippen molar-refractivity contribution in [3.63, 3.8) is 0 Å². The standard InChI is InChI=1S/C20H24N2O4S/c1-27(25,26)18-12-13-19(20(15-18)22(23)24)21-14-6-5-9-17(21)11-10-16-7-3-2-4-8-16/h2-4,7-8,12-13,15,17H,5-6,9-11,14H2,1H3. The molecule has 7 heteroatoms. The third-order valence-corrected chi connectivity index (χ3v) is 6.23. The molecule has 0 aromatic heterocycles. The van der Waals surface area contributed by atoms with Crippen LogP contribution in [0.15, 0.2) is 53.4 Å². The molecule has 1 heterocycles. The van der Waals surface area contributed by atoms with Crippen LogP contribution in [0.3, 0.4) is 0 Å². The average Bonchev–Trinajstić information content (AvgIpc) is 2.66. The van der Waals surface area contributed by atoms with Crippen molar-refractivity contribution in [1.82, 2.24) is 0 Å². The summed E-state index contributed by atoms with van der Waals surface area (Å²) < 4.78 is 23.6. The maximum absolute atomic E-state index is 11.8. The Kier molecular flexibility index (Phi) is 5.79. The van der Waals surface area contributed by atoms with Gasteiger partial charge in [0.05, 0.1) is 9.82 Å². The Morgan fingerprint density at radius 3 is 2.56 bits per heavy atom. The lowest BCUT2D eigenvalue weighted by Crippen LogP contribution is -2.40. The molecule has 1 saturated heterocycles. The van der Waals surface area contributed by atoms with Gasteiger partial charge in [-0.15, -0.1) is 0 Å². The molecule has 0 bridgehead atoms. The minimum Gasteiger partial charge on any atom is -0.363 e. The highest BCUT2D eigenvalue weighted by molar-refractivity contribution is 7.90. The van der Waals surface area contributed by atoms with Crippen LogP contribution in [0.4, 0.5) is 11.4 Å². The fourth-order valence-corrected chi connectivity index (χ4v) is 4.36. The summed E-state index contributed by atoms with van der Waals surface area (Å²) in [4.78, 5) is 13.2. The van der Waals surface area contributed by atoms with E-state index in [-0.39, 0.29) is 16.6 Å². The first-order chi connectivity index (χ1) is 12.9. The molecule has 144 valence electrons. The van der Waals surface area contributed by atoms with Crippen LogP contribution in [-0.2, 0) is 16.3 Å². The minimum atomic E-state index is -3.49. The number of hydrogen-bond donors (Lipinski definition) is 0. The van der Waals surface area contributed by atoms with E-state index in [2.05, 4.69) is 17.0 Å². The molecular formula is C20H24N2O4S. The van der Waals surface area contributed by atoms with E-state index < -0.39 is 14.8 Å². The molecule has 1 unspecified atom stereocenters. The molecular weight excluding hydrogens is 364 g/mol. The fourth-order valence-electron chi connectivity index (χ4n) is 3.72. The van der Waals surface area contributed by atoms with Gasteiger partial charge in [-0.2, -0.15) is 0 Å². The van der Waals surface area contributed by atoms with Gasteiger partial charge in [-0.1, -0.05) is 30.3 Å². The van der Waals surface area contributed by atoms with Crippen molar-refractivity contribution >= 4 is 21.2 Å². The van der Waals surface area contributed by atoms with Crippen LogP contribution in [0.2, 0.25) is 0 Å². The van der Waals surface area contributed by atoms with Crippen molar-refractivity contribution < 1.29 is 13.3 Å². The lowest BCUT2D eigenvalue weighted by Gasteiger charge is -2.37. The zero-order valence-electron chi connectivity index (χ0n) is 15.4. The van der Waals surface area contributed by atoms with Crippen LogP contribution in [0.25, 0.3) is 0 Å². The van der Waals surface area contributed by atoms with E-state index in [0.29, 0.717) is 5.69 Å². The number of rotatable bonds is 6. The average molecular weight is 388 g/mol. The number of nitrogens with zero attached hydrogens (tertiary/aromatic N) is 2. The van der Waals surface area contributed by atoms with Gasteiger partial charge < -0.3 is 4.90 Å². The maximum Gasteiger partial charge on any atom is 0.293 e. The first kappa shape index (κ1) is 19.4. The van der Waals surface area contributed by atoms with E-state index in [9.17, 15) is 18.5 Å². The van der Waals surface area contributed by atoms with Crippen molar-refractivity contribution in [2.75, 3.05) is 17.7 Å². The normalized spacial score (nSPS) is 17.7. The van der Waals surface area contributed by atoms with Gasteiger partial charge in [0, 0.05) is 24.9 Å². The topological polar surface area (TPSA) is 80.5 Å². The fraction of sp³-hybridized carbons (Fsp3) is 0.400. The van der Waals surface area contributed by atoms with Crippen LogP contribution in [-0.4, -0.2) is 32.2 Å². The second-order valence-corrected chi connectivity index (χ2v) is 9.06. The quantitative estimate of drug-likeness (QED) is 0.552. The lowest BCUT2D eigenvalue weighted by molar-refractivity contribution is -0.384. The van der Waals surface area contributed by atoms with Crippen LogP contribution in [0, 0.1) is 10.1 Å². The molecule has 0 aliphatic carbocycles. The van der Waals surface area contributed by atoms with Crippen LogP contribution < -0.4 is 4.90 Å². The molecule has 27 heavy (non-hydrogen) atoms. The van der Waals surface area contributed by atoms with Crippen molar-refractivity contribution in [3.05, 3.63) is 64.2 Å². The molecule has 0 amide bonds. The van der Waals surface area contributed by atoms with Gasteiger partial charge in [-0.25, -0.2) is 8.42 Å². The molecule has 3 rings (SSSR count). The Morgan fingerprint density at radius 1 is 1.15 bits per heavy atom. The van der Waals surface area contributed by atoms with Gasteiger partial charge in [-0.05, 0) is 49.8 Å². The SMILES string of the molecule is CS(=O)(=O)c1ccc(N2CCCCC2CCc2ccccc2)c([N+](=O)[O-])c1. The highest BCUT2D eigenvalue weighted by Crippen LogP contribution is 2.35.